The summed E-state index contributed by atoms with van der Waals surface area (Å²) in [6, 6.07) is 13.5. The lowest BCUT2D eigenvalue weighted by atomic mass is 10.1. The molecule has 0 radical (unpaired) electrons. The third-order valence-electron chi connectivity index (χ3n) is 4.35. The van der Waals surface area contributed by atoms with Crippen LogP contribution >= 0.6 is 0 Å². The van der Waals surface area contributed by atoms with E-state index in [1.54, 1.807) is 22.9 Å². The smallest absolute Gasteiger partial charge is 0.414 e. The van der Waals surface area contributed by atoms with Crippen molar-refractivity contribution in [1.29, 1.82) is 5.26 Å². The first kappa shape index (κ1) is 17.6. The zero-order chi connectivity index (χ0) is 19.5. The Hall–Kier alpha value is -3.77. The van der Waals surface area contributed by atoms with Gasteiger partial charge in [0.1, 0.15) is 18.9 Å². The average Bonchev–Trinajstić information content (AvgIpc) is 3.16. The van der Waals surface area contributed by atoms with Gasteiger partial charge in [-0.3, -0.25) is 9.55 Å². The Labute approximate surface area is 159 Å². The molecule has 140 valence electrons. The molecule has 9 nitrogen and oxygen atoms in total. The molecule has 3 heterocycles. The number of aromatic nitrogens is 3. The summed E-state index contributed by atoms with van der Waals surface area (Å²) >= 11 is 0. The van der Waals surface area contributed by atoms with Gasteiger partial charge in [0, 0.05) is 16.7 Å². The van der Waals surface area contributed by atoms with Crippen molar-refractivity contribution in [2.45, 2.75) is 19.3 Å². The number of pyridine rings is 1. The van der Waals surface area contributed by atoms with E-state index in [9.17, 15) is 10.1 Å². The second-order valence-corrected chi connectivity index (χ2v) is 6.26. The second-order valence-electron chi connectivity index (χ2n) is 6.26. The number of benzene rings is 1. The SMILES string of the molecule is N#Cc1ccc(-c2ccc(CO[C@@H]3COc4nc([N+](=O)[O-])cn4C3)nc2)cc1. The van der Waals surface area contributed by atoms with Crippen LogP contribution in [-0.2, 0) is 17.9 Å². The third kappa shape index (κ3) is 3.67. The zero-order valence-electron chi connectivity index (χ0n) is 14.7. The van der Waals surface area contributed by atoms with Gasteiger partial charge in [0.15, 0.2) is 0 Å². The topological polar surface area (TPSA) is 116 Å². The monoisotopic (exact) mass is 377 g/mol. The van der Waals surface area contributed by atoms with Crippen LogP contribution in [0.3, 0.4) is 0 Å². The Morgan fingerprint density at radius 3 is 2.75 bits per heavy atom. The van der Waals surface area contributed by atoms with Crippen molar-refractivity contribution in [2.24, 2.45) is 0 Å². The molecule has 1 aliphatic rings. The van der Waals surface area contributed by atoms with Crippen LogP contribution in [0.5, 0.6) is 6.01 Å². The molecule has 0 unspecified atom stereocenters. The van der Waals surface area contributed by atoms with Crippen molar-refractivity contribution in [3.8, 4) is 23.2 Å². The molecule has 1 aliphatic heterocycles. The summed E-state index contributed by atoms with van der Waals surface area (Å²) in [6.45, 7) is 1.00. The van der Waals surface area contributed by atoms with Crippen molar-refractivity contribution in [2.75, 3.05) is 6.61 Å². The number of hydrogen-bond donors (Lipinski definition) is 0. The van der Waals surface area contributed by atoms with E-state index in [-0.39, 0.29) is 24.5 Å². The van der Waals surface area contributed by atoms with E-state index < -0.39 is 4.92 Å². The van der Waals surface area contributed by atoms with E-state index in [2.05, 4.69) is 16.0 Å². The van der Waals surface area contributed by atoms with Crippen LogP contribution in [0.1, 0.15) is 11.3 Å². The molecule has 2 aromatic heterocycles. The predicted octanol–water partition coefficient (Wildman–Crippen LogP) is 2.70. The highest BCUT2D eigenvalue weighted by Gasteiger charge is 2.28. The first-order chi connectivity index (χ1) is 13.6. The molecule has 0 fully saturated rings. The van der Waals surface area contributed by atoms with Gasteiger partial charge in [-0.2, -0.15) is 5.26 Å². The summed E-state index contributed by atoms with van der Waals surface area (Å²) in [4.78, 5) is 18.5. The Bertz CT molecular complexity index is 1040. The standard InChI is InChI=1S/C19H15N5O4/c20-7-13-1-3-14(4-2-13)15-5-6-16(21-8-15)11-27-17-9-23-10-18(24(25)26)22-19(23)28-12-17/h1-6,8,10,17H,9,11-12H2/t17-/m0/s1. The number of fused-ring (bicyclic) bond motifs is 1. The maximum atomic E-state index is 10.8. The second kappa shape index (κ2) is 7.46. The van der Waals surface area contributed by atoms with Gasteiger partial charge in [-0.05, 0) is 28.7 Å². The molecule has 3 aromatic rings. The Morgan fingerprint density at radius 2 is 2.07 bits per heavy atom. The first-order valence-corrected chi connectivity index (χ1v) is 8.54. The Kier molecular flexibility index (Phi) is 4.70. The molecule has 1 atom stereocenters. The third-order valence-corrected chi connectivity index (χ3v) is 4.35. The highest BCUT2D eigenvalue weighted by Crippen LogP contribution is 2.23. The Morgan fingerprint density at radius 1 is 1.29 bits per heavy atom. The molecule has 0 aliphatic carbocycles. The maximum absolute atomic E-state index is 10.8. The van der Waals surface area contributed by atoms with E-state index in [1.807, 2.05) is 24.3 Å². The van der Waals surface area contributed by atoms with Gasteiger partial charge in [0.25, 0.3) is 0 Å². The van der Waals surface area contributed by atoms with Crippen LogP contribution in [-0.4, -0.2) is 32.2 Å². The molecule has 9 heteroatoms. The van der Waals surface area contributed by atoms with Crippen LogP contribution < -0.4 is 4.74 Å². The van der Waals surface area contributed by atoms with Gasteiger partial charge >= 0.3 is 11.8 Å². The molecule has 0 amide bonds. The summed E-state index contributed by atoms with van der Waals surface area (Å²) in [5.74, 6) is -0.240. The lowest BCUT2D eigenvalue weighted by Gasteiger charge is -2.22. The van der Waals surface area contributed by atoms with E-state index in [0.29, 0.717) is 18.7 Å². The highest BCUT2D eigenvalue weighted by molar-refractivity contribution is 5.63. The summed E-state index contributed by atoms with van der Waals surface area (Å²) in [5.41, 5.74) is 3.31. The lowest BCUT2D eigenvalue weighted by molar-refractivity contribution is -0.389. The molecule has 0 saturated heterocycles. The molecule has 0 N–H and O–H groups in total. The molecule has 1 aromatic carbocycles. The minimum absolute atomic E-state index is 0.233. The molecule has 0 spiro atoms. The fourth-order valence-electron chi connectivity index (χ4n) is 2.88. The number of rotatable bonds is 5. The molecule has 4 rings (SSSR count). The summed E-state index contributed by atoms with van der Waals surface area (Å²) in [6.07, 6.45) is 2.85. The van der Waals surface area contributed by atoms with Gasteiger partial charge in [-0.25, -0.2) is 0 Å². The Balaban J connectivity index is 1.36. The fraction of sp³-hybridized carbons (Fsp3) is 0.211. The van der Waals surface area contributed by atoms with Crippen LogP contribution in [0.15, 0.2) is 48.8 Å². The summed E-state index contributed by atoms with van der Waals surface area (Å²) in [5, 5.41) is 19.7. The summed E-state index contributed by atoms with van der Waals surface area (Å²) < 4.78 is 12.8. The normalized spacial score (nSPS) is 15.3. The summed E-state index contributed by atoms with van der Waals surface area (Å²) in [7, 11) is 0. The number of nitriles is 1. The van der Waals surface area contributed by atoms with E-state index in [4.69, 9.17) is 14.7 Å². The largest absolute Gasteiger partial charge is 0.443 e. The van der Waals surface area contributed by atoms with Crippen molar-refractivity contribution < 1.29 is 14.4 Å². The molecular weight excluding hydrogens is 362 g/mol. The van der Waals surface area contributed by atoms with Crippen molar-refractivity contribution in [3.63, 3.8) is 0 Å². The van der Waals surface area contributed by atoms with Crippen LogP contribution in [0.4, 0.5) is 5.82 Å². The highest BCUT2D eigenvalue weighted by atomic mass is 16.6. The van der Waals surface area contributed by atoms with Crippen LogP contribution in [0.2, 0.25) is 0 Å². The van der Waals surface area contributed by atoms with E-state index in [0.717, 1.165) is 16.8 Å². The predicted molar refractivity (Wildman–Crippen MR) is 97.3 cm³/mol. The van der Waals surface area contributed by atoms with Gasteiger partial charge in [0.2, 0.25) is 0 Å². The van der Waals surface area contributed by atoms with Gasteiger partial charge in [0.05, 0.1) is 30.5 Å². The first-order valence-electron chi connectivity index (χ1n) is 8.54. The maximum Gasteiger partial charge on any atom is 0.414 e. The number of nitro groups is 1. The number of imidazole rings is 1. The number of ether oxygens (including phenoxy) is 2. The van der Waals surface area contributed by atoms with Crippen molar-refractivity contribution >= 4 is 5.82 Å². The van der Waals surface area contributed by atoms with E-state index in [1.165, 1.54) is 6.20 Å². The molecule has 28 heavy (non-hydrogen) atoms. The zero-order valence-corrected chi connectivity index (χ0v) is 14.7. The van der Waals surface area contributed by atoms with Gasteiger partial charge in [-0.15, -0.1) is 0 Å². The number of nitrogens with zero attached hydrogens (tertiary/aromatic N) is 5. The van der Waals surface area contributed by atoms with Gasteiger partial charge < -0.3 is 19.6 Å². The molecule has 0 bridgehead atoms. The minimum Gasteiger partial charge on any atom is -0.443 e. The van der Waals surface area contributed by atoms with Crippen molar-refractivity contribution in [3.05, 3.63) is 70.2 Å². The lowest BCUT2D eigenvalue weighted by Crippen LogP contribution is -2.32. The molecular formula is C19H15N5O4. The fourth-order valence-corrected chi connectivity index (χ4v) is 2.88. The average molecular weight is 377 g/mol. The quantitative estimate of drug-likeness (QED) is 0.496. The van der Waals surface area contributed by atoms with Gasteiger partial charge in [-0.1, -0.05) is 18.2 Å². The van der Waals surface area contributed by atoms with Crippen LogP contribution in [0.25, 0.3) is 11.1 Å². The minimum atomic E-state index is -0.552. The molecule has 0 saturated carbocycles. The van der Waals surface area contributed by atoms with E-state index >= 15 is 0 Å². The number of hydrogen-bond acceptors (Lipinski definition) is 7. The van der Waals surface area contributed by atoms with Crippen molar-refractivity contribution in [1.82, 2.24) is 14.5 Å². The van der Waals surface area contributed by atoms with Crippen LogP contribution in [0, 0.1) is 21.4 Å².